The van der Waals surface area contributed by atoms with Gasteiger partial charge in [-0.15, -0.1) is 0 Å². The van der Waals surface area contributed by atoms with Crippen molar-refractivity contribution in [3.8, 4) is 11.5 Å². The molecule has 0 amide bonds. The molecule has 8 aromatic rings. The molecule has 300 valence electrons. The van der Waals surface area contributed by atoms with Crippen LogP contribution in [0.3, 0.4) is 0 Å². The zero-order chi connectivity index (χ0) is 42.6. The van der Waals surface area contributed by atoms with Gasteiger partial charge >= 0.3 is 0 Å². The highest BCUT2D eigenvalue weighted by Gasteiger charge is 2.24. The van der Waals surface area contributed by atoms with Gasteiger partial charge in [0.25, 0.3) is 0 Å². The van der Waals surface area contributed by atoms with Gasteiger partial charge in [-0.05, 0) is 73.0 Å². The third-order valence-corrected chi connectivity index (χ3v) is 10.6. The normalized spacial score (nSPS) is 10.9. The quantitative estimate of drug-likeness (QED) is 0.124. The van der Waals surface area contributed by atoms with E-state index >= 15 is 0 Å². The van der Waals surface area contributed by atoms with E-state index in [1.54, 1.807) is 61.1 Å². The number of aryl methyl sites for hydroxylation is 2. The SMILES string of the molecule is Cc1cc(Cl)cnc1N.Cc1cc(Cl)cnc1NC(c1cccc(Cl)c1Cl)c1ccc2cccnc2c1O.O=Cc1cccc(Cl)c1Cl.Oc1cccc2cccnc12. The first kappa shape index (κ1) is 44.7. The fourth-order valence-electron chi connectivity index (χ4n) is 5.52. The fourth-order valence-corrected chi connectivity index (χ4v) is 6.72. The summed E-state index contributed by atoms with van der Waals surface area (Å²) < 4.78 is 0. The molecule has 0 saturated heterocycles. The molecule has 0 aliphatic heterocycles. The third kappa shape index (κ3) is 11.6. The van der Waals surface area contributed by atoms with E-state index in [2.05, 4.69) is 25.3 Å². The lowest BCUT2D eigenvalue weighted by atomic mass is 9.96. The number of halogens is 6. The second-order valence-corrected chi connectivity index (χ2v) is 15.0. The lowest BCUT2D eigenvalue weighted by Gasteiger charge is -2.24. The molecule has 4 aromatic carbocycles. The Kier molecular flexibility index (Phi) is 15.9. The van der Waals surface area contributed by atoms with Crippen molar-refractivity contribution in [1.82, 2.24) is 19.9 Å². The summed E-state index contributed by atoms with van der Waals surface area (Å²) in [6, 6.07) is 30.0. The van der Waals surface area contributed by atoms with E-state index < -0.39 is 6.04 Å². The van der Waals surface area contributed by atoms with Gasteiger partial charge in [-0.1, -0.05) is 130 Å². The molecule has 1 atom stereocenters. The van der Waals surface area contributed by atoms with Gasteiger partial charge in [0.15, 0.2) is 6.29 Å². The molecule has 15 heteroatoms. The number of nitrogens with zero attached hydrogens (tertiary/aromatic N) is 4. The van der Waals surface area contributed by atoms with Crippen molar-refractivity contribution in [1.29, 1.82) is 0 Å². The summed E-state index contributed by atoms with van der Waals surface area (Å²) in [5, 5.41) is 28.2. The van der Waals surface area contributed by atoms with Crippen molar-refractivity contribution in [2.75, 3.05) is 11.1 Å². The summed E-state index contributed by atoms with van der Waals surface area (Å²) in [5.41, 5.74) is 10.1. The molecular weight excluding hydrogens is 873 g/mol. The maximum atomic E-state index is 11.0. The molecule has 9 nitrogen and oxygen atoms in total. The van der Waals surface area contributed by atoms with Crippen molar-refractivity contribution >= 4 is 109 Å². The number of aldehydes is 1. The van der Waals surface area contributed by atoms with E-state index in [-0.39, 0.29) is 11.5 Å². The van der Waals surface area contributed by atoms with Crippen LogP contribution in [-0.4, -0.2) is 36.4 Å². The minimum atomic E-state index is -0.514. The predicted octanol–water partition coefficient (Wildman–Crippen LogP) is 13.2. The highest BCUT2D eigenvalue weighted by atomic mass is 35.5. The number of rotatable bonds is 5. The van der Waals surface area contributed by atoms with Gasteiger partial charge in [0, 0.05) is 46.7 Å². The van der Waals surface area contributed by atoms with Gasteiger partial charge in [0.05, 0.1) is 36.2 Å². The smallest absolute Gasteiger partial charge is 0.151 e. The Morgan fingerprint density at radius 1 is 0.627 bits per heavy atom. The highest BCUT2D eigenvalue weighted by Crippen LogP contribution is 2.40. The lowest BCUT2D eigenvalue weighted by Crippen LogP contribution is -2.15. The Morgan fingerprint density at radius 3 is 1.81 bits per heavy atom. The molecule has 0 aliphatic rings. The van der Waals surface area contributed by atoms with Gasteiger partial charge < -0.3 is 21.3 Å². The number of anilines is 2. The third-order valence-electron chi connectivity index (χ3n) is 8.51. The summed E-state index contributed by atoms with van der Waals surface area (Å²) in [6.07, 6.45) is 7.08. The monoisotopic (exact) mass is 904 g/mol. The first-order valence-corrected chi connectivity index (χ1v) is 19.7. The van der Waals surface area contributed by atoms with Crippen LogP contribution in [0.1, 0.15) is 38.7 Å². The first-order chi connectivity index (χ1) is 28.3. The summed E-state index contributed by atoms with van der Waals surface area (Å²) in [6.45, 7) is 3.77. The largest absolute Gasteiger partial charge is 0.506 e. The van der Waals surface area contributed by atoms with Gasteiger partial charge in [-0.3, -0.25) is 14.8 Å². The summed E-state index contributed by atoms with van der Waals surface area (Å²) in [4.78, 5) is 26.8. The number of nitrogens with two attached hydrogens (primary N) is 1. The average Bonchev–Trinajstić information content (AvgIpc) is 3.23. The Hall–Kier alpha value is -5.39. The molecule has 0 aliphatic carbocycles. The van der Waals surface area contributed by atoms with Crippen LogP contribution in [0.15, 0.2) is 128 Å². The number of fused-ring (bicyclic) bond motifs is 2. The first-order valence-electron chi connectivity index (χ1n) is 17.5. The van der Waals surface area contributed by atoms with E-state index in [9.17, 15) is 15.0 Å². The number of hydrogen-bond donors (Lipinski definition) is 4. The number of pyridine rings is 4. The van der Waals surface area contributed by atoms with Crippen LogP contribution in [0.5, 0.6) is 11.5 Å². The number of benzene rings is 4. The van der Waals surface area contributed by atoms with Crippen molar-refractivity contribution in [2.24, 2.45) is 0 Å². The van der Waals surface area contributed by atoms with E-state index in [4.69, 9.17) is 75.3 Å². The number of carbonyl (C=O) groups excluding carboxylic acids is 1. The van der Waals surface area contributed by atoms with Crippen molar-refractivity contribution in [2.45, 2.75) is 19.9 Å². The minimum absolute atomic E-state index is 0.0725. The molecule has 0 spiro atoms. The molecular formula is C44H34Cl6N6O3. The summed E-state index contributed by atoms with van der Waals surface area (Å²) >= 11 is 35.7. The molecule has 4 aromatic heterocycles. The average molecular weight is 908 g/mol. The summed E-state index contributed by atoms with van der Waals surface area (Å²) in [7, 11) is 0. The number of para-hydroxylation sites is 1. The Bertz CT molecular complexity index is 2730. The molecule has 59 heavy (non-hydrogen) atoms. The second kappa shape index (κ2) is 21.0. The van der Waals surface area contributed by atoms with Crippen molar-refractivity contribution in [3.63, 3.8) is 0 Å². The predicted molar refractivity (Wildman–Crippen MR) is 243 cm³/mol. The topological polar surface area (TPSA) is 147 Å². The molecule has 0 saturated carbocycles. The number of aromatic nitrogens is 4. The fraction of sp³-hybridized carbons (Fsp3) is 0.0682. The molecule has 5 N–H and O–H groups in total. The van der Waals surface area contributed by atoms with Crippen LogP contribution in [-0.2, 0) is 0 Å². The van der Waals surface area contributed by atoms with E-state index in [1.165, 1.54) is 6.20 Å². The van der Waals surface area contributed by atoms with Crippen molar-refractivity contribution < 1.29 is 15.0 Å². The maximum Gasteiger partial charge on any atom is 0.151 e. The number of hydrogen-bond acceptors (Lipinski definition) is 9. The molecule has 0 bridgehead atoms. The molecule has 8 rings (SSSR count). The van der Waals surface area contributed by atoms with Crippen LogP contribution in [0.4, 0.5) is 11.6 Å². The number of carbonyl (C=O) groups is 1. The van der Waals surface area contributed by atoms with E-state index in [0.717, 1.165) is 21.9 Å². The Morgan fingerprint density at radius 2 is 1.20 bits per heavy atom. The number of phenolic OH excluding ortho intramolecular Hbond substituents is 2. The van der Waals surface area contributed by atoms with Crippen LogP contribution in [0.25, 0.3) is 21.8 Å². The van der Waals surface area contributed by atoms with Gasteiger partial charge in [-0.2, -0.15) is 0 Å². The Labute approximate surface area is 370 Å². The second-order valence-electron chi connectivity index (χ2n) is 12.6. The van der Waals surface area contributed by atoms with E-state index in [1.807, 2.05) is 74.5 Å². The molecule has 0 fully saturated rings. The summed E-state index contributed by atoms with van der Waals surface area (Å²) in [5.74, 6) is 1.47. The number of nitrogens with one attached hydrogen (secondary N) is 1. The lowest BCUT2D eigenvalue weighted by molar-refractivity contribution is 0.112. The van der Waals surface area contributed by atoms with Crippen molar-refractivity contribution in [3.05, 3.63) is 186 Å². The van der Waals surface area contributed by atoms with Crippen LogP contribution >= 0.6 is 69.6 Å². The molecule has 4 heterocycles. The molecule has 0 radical (unpaired) electrons. The van der Waals surface area contributed by atoms with Crippen LogP contribution < -0.4 is 11.1 Å². The minimum Gasteiger partial charge on any atom is -0.506 e. The van der Waals surface area contributed by atoms with Gasteiger partial charge in [0.2, 0.25) is 0 Å². The highest BCUT2D eigenvalue weighted by molar-refractivity contribution is 6.43. The standard InChI is InChI=1S/C22H16Cl3N3O.C9H7NO.C7H4Cl2O.C6H7ClN2/c1-12-10-14(23)11-27-22(12)28-20(15-5-2-6-17(24)18(15)25)16-8-7-13-4-3-9-26-19(13)21(16)29;11-8-5-1-3-7-4-2-6-10-9(7)8;8-6-3-1-2-5(4-10)7(6)9;1-4-2-5(7)3-9-6(4)8/h2-11,20,29H,1H3,(H,27,28);1-6,11H;1-4H;2-3H,1H3,(H2,8,9). The van der Waals surface area contributed by atoms with Gasteiger partial charge in [-0.25, -0.2) is 9.97 Å². The molecule has 1 unspecified atom stereocenters. The number of nitrogen functional groups attached to an aromatic ring is 1. The number of aromatic hydroxyl groups is 2. The van der Waals surface area contributed by atoms with Gasteiger partial charge in [0.1, 0.15) is 34.2 Å². The van der Waals surface area contributed by atoms with E-state index in [0.29, 0.717) is 75.8 Å². The van der Waals surface area contributed by atoms with Crippen LogP contribution in [0, 0.1) is 13.8 Å². The maximum absolute atomic E-state index is 11.0. The van der Waals surface area contributed by atoms with Crippen LogP contribution in [0.2, 0.25) is 30.1 Å². The zero-order valence-corrected chi connectivity index (χ0v) is 35.8. The number of phenols is 2. The Balaban J connectivity index is 0.000000179. The zero-order valence-electron chi connectivity index (χ0n) is 31.2.